The molecule has 0 saturated heterocycles. The van der Waals surface area contributed by atoms with E-state index in [1.165, 1.54) is 12.3 Å². The van der Waals surface area contributed by atoms with Gasteiger partial charge in [0.2, 0.25) is 0 Å². The number of benzene rings is 1. The first-order chi connectivity index (χ1) is 9.47. The number of aliphatic carboxylic acids is 1. The molecule has 1 aromatic carbocycles. The summed E-state index contributed by atoms with van der Waals surface area (Å²) in [6.45, 7) is 0. The van der Waals surface area contributed by atoms with Gasteiger partial charge in [0.25, 0.3) is 0 Å². The summed E-state index contributed by atoms with van der Waals surface area (Å²) < 4.78 is 0. The monoisotopic (exact) mass is 329 g/mol. The lowest BCUT2D eigenvalue weighted by Gasteiger charge is -2.13. The van der Waals surface area contributed by atoms with E-state index in [0.717, 1.165) is 0 Å². The molecular formula is C14H10Cl3NO2. The van der Waals surface area contributed by atoms with Crippen LogP contribution in [0.3, 0.4) is 0 Å². The molecule has 1 aromatic heterocycles. The lowest BCUT2D eigenvalue weighted by molar-refractivity contribution is -0.138. The van der Waals surface area contributed by atoms with Gasteiger partial charge in [-0.1, -0.05) is 46.9 Å². The van der Waals surface area contributed by atoms with Crippen LogP contribution >= 0.6 is 34.8 Å². The maximum Gasteiger partial charge on any atom is 0.311 e. The summed E-state index contributed by atoms with van der Waals surface area (Å²) in [5, 5.41) is 10.6. The third-order valence-corrected chi connectivity index (χ3v) is 3.70. The van der Waals surface area contributed by atoms with Crippen molar-refractivity contribution >= 4 is 40.8 Å². The second kappa shape index (κ2) is 6.44. The lowest BCUT2D eigenvalue weighted by Crippen LogP contribution is -2.14. The Hall–Kier alpha value is -1.29. The van der Waals surface area contributed by atoms with Gasteiger partial charge in [0.15, 0.2) is 0 Å². The van der Waals surface area contributed by atoms with Crippen LogP contribution in [0.5, 0.6) is 0 Å². The van der Waals surface area contributed by atoms with E-state index in [1.54, 1.807) is 24.3 Å². The molecule has 6 heteroatoms. The highest BCUT2D eigenvalue weighted by Crippen LogP contribution is 2.27. The summed E-state index contributed by atoms with van der Waals surface area (Å²) in [7, 11) is 0. The minimum Gasteiger partial charge on any atom is -0.481 e. The highest BCUT2D eigenvalue weighted by molar-refractivity contribution is 6.34. The van der Waals surface area contributed by atoms with E-state index in [0.29, 0.717) is 21.2 Å². The largest absolute Gasteiger partial charge is 0.481 e. The first-order valence-corrected chi connectivity index (χ1v) is 6.89. The smallest absolute Gasteiger partial charge is 0.311 e. The molecule has 2 rings (SSSR count). The molecule has 0 spiro atoms. The summed E-state index contributed by atoms with van der Waals surface area (Å²) >= 11 is 17.6. The zero-order chi connectivity index (χ0) is 14.7. The van der Waals surface area contributed by atoms with Gasteiger partial charge in [-0.25, -0.2) is 4.98 Å². The predicted molar refractivity (Wildman–Crippen MR) is 79.8 cm³/mol. The van der Waals surface area contributed by atoms with Gasteiger partial charge in [0, 0.05) is 16.2 Å². The molecule has 1 N–H and O–H groups in total. The van der Waals surface area contributed by atoms with Crippen molar-refractivity contribution in [1.29, 1.82) is 0 Å². The summed E-state index contributed by atoms with van der Waals surface area (Å²) in [6, 6.07) is 8.21. The number of hydrogen-bond donors (Lipinski definition) is 1. The molecule has 20 heavy (non-hydrogen) atoms. The number of carboxylic acid groups (broad SMARTS) is 1. The third-order valence-electron chi connectivity index (χ3n) is 2.89. The van der Waals surface area contributed by atoms with Crippen LogP contribution in [0.15, 0.2) is 36.5 Å². The van der Waals surface area contributed by atoms with Crippen molar-refractivity contribution in [3.05, 3.63) is 62.9 Å². The van der Waals surface area contributed by atoms with Gasteiger partial charge in [-0.15, -0.1) is 0 Å². The zero-order valence-corrected chi connectivity index (χ0v) is 12.5. The van der Waals surface area contributed by atoms with Gasteiger partial charge in [-0.2, -0.15) is 0 Å². The molecule has 0 aliphatic heterocycles. The minimum atomic E-state index is -0.932. The van der Waals surface area contributed by atoms with E-state index in [1.807, 2.05) is 0 Å². The molecule has 104 valence electrons. The van der Waals surface area contributed by atoms with E-state index >= 15 is 0 Å². The van der Waals surface area contributed by atoms with E-state index in [-0.39, 0.29) is 11.6 Å². The number of aromatic nitrogens is 1. The van der Waals surface area contributed by atoms with Crippen molar-refractivity contribution in [2.45, 2.75) is 12.3 Å². The number of hydrogen-bond acceptors (Lipinski definition) is 2. The molecule has 3 nitrogen and oxygen atoms in total. The standard InChI is InChI=1S/C14H10Cl3NO2/c15-10-3-1-8(2-4-10)11(14(19)20)5-9-7-18-13(17)6-12(9)16/h1-4,6-7,11H,5H2,(H,19,20). The first kappa shape index (κ1) is 15.1. The van der Waals surface area contributed by atoms with E-state index in [2.05, 4.69) is 4.98 Å². The number of nitrogens with zero attached hydrogens (tertiary/aromatic N) is 1. The molecule has 0 aliphatic carbocycles. The second-order valence-electron chi connectivity index (χ2n) is 4.24. The maximum absolute atomic E-state index is 11.4. The van der Waals surface area contributed by atoms with E-state index < -0.39 is 11.9 Å². The second-order valence-corrected chi connectivity index (χ2v) is 5.48. The summed E-state index contributed by atoms with van der Waals surface area (Å²) in [5.74, 6) is -1.65. The number of pyridine rings is 1. The van der Waals surface area contributed by atoms with Crippen molar-refractivity contribution < 1.29 is 9.90 Å². The molecule has 0 amide bonds. The minimum absolute atomic E-state index is 0.236. The van der Waals surface area contributed by atoms with Crippen molar-refractivity contribution in [3.63, 3.8) is 0 Å². The average Bonchev–Trinajstić information content (AvgIpc) is 2.39. The Morgan fingerprint density at radius 1 is 1.20 bits per heavy atom. The van der Waals surface area contributed by atoms with Crippen molar-refractivity contribution in [3.8, 4) is 0 Å². The highest BCUT2D eigenvalue weighted by atomic mass is 35.5. The Morgan fingerprint density at radius 3 is 2.40 bits per heavy atom. The quantitative estimate of drug-likeness (QED) is 0.842. The number of rotatable bonds is 4. The van der Waals surface area contributed by atoms with Gasteiger partial charge in [0.05, 0.1) is 5.92 Å². The molecule has 1 unspecified atom stereocenters. The van der Waals surface area contributed by atoms with Gasteiger partial charge in [-0.05, 0) is 35.7 Å². The molecular weight excluding hydrogens is 321 g/mol. The fourth-order valence-electron chi connectivity index (χ4n) is 1.85. The van der Waals surface area contributed by atoms with Crippen LogP contribution in [0.25, 0.3) is 0 Å². The maximum atomic E-state index is 11.4. The molecule has 1 heterocycles. The summed E-state index contributed by atoms with van der Waals surface area (Å²) in [4.78, 5) is 15.4. The SMILES string of the molecule is O=C(O)C(Cc1cnc(Cl)cc1Cl)c1ccc(Cl)cc1. The Kier molecular flexibility index (Phi) is 4.86. The fraction of sp³-hybridized carbons (Fsp3) is 0.143. The molecule has 0 fully saturated rings. The molecule has 0 aliphatic rings. The Balaban J connectivity index is 2.30. The average molecular weight is 331 g/mol. The van der Waals surface area contributed by atoms with Crippen LogP contribution in [0.2, 0.25) is 15.2 Å². The van der Waals surface area contributed by atoms with Gasteiger partial charge >= 0.3 is 5.97 Å². The van der Waals surface area contributed by atoms with Gasteiger partial charge < -0.3 is 5.11 Å². The Morgan fingerprint density at radius 2 is 1.85 bits per heavy atom. The highest BCUT2D eigenvalue weighted by Gasteiger charge is 2.21. The fourth-order valence-corrected chi connectivity index (χ4v) is 2.42. The summed E-state index contributed by atoms with van der Waals surface area (Å²) in [6.07, 6.45) is 1.73. The predicted octanol–water partition coefficient (Wildman–Crippen LogP) is 4.45. The lowest BCUT2D eigenvalue weighted by atomic mass is 9.93. The van der Waals surface area contributed by atoms with Crippen molar-refractivity contribution in [1.82, 2.24) is 4.98 Å². The molecule has 0 saturated carbocycles. The zero-order valence-electron chi connectivity index (χ0n) is 10.2. The molecule has 0 radical (unpaired) electrons. The van der Waals surface area contributed by atoms with Crippen LogP contribution in [-0.4, -0.2) is 16.1 Å². The molecule has 2 aromatic rings. The topological polar surface area (TPSA) is 50.2 Å². The molecule has 0 bridgehead atoms. The van der Waals surface area contributed by atoms with Crippen LogP contribution in [-0.2, 0) is 11.2 Å². The van der Waals surface area contributed by atoms with Crippen LogP contribution in [0.4, 0.5) is 0 Å². The van der Waals surface area contributed by atoms with E-state index in [4.69, 9.17) is 34.8 Å². The van der Waals surface area contributed by atoms with Crippen LogP contribution < -0.4 is 0 Å². The number of carbonyl (C=O) groups is 1. The Bertz CT molecular complexity index is 629. The normalized spacial score (nSPS) is 12.2. The van der Waals surface area contributed by atoms with Crippen molar-refractivity contribution in [2.24, 2.45) is 0 Å². The van der Waals surface area contributed by atoms with E-state index in [9.17, 15) is 9.90 Å². The first-order valence-electron chi connectivity index (χ1n) is 5.75. The van der Waals surface area contributed by atoms with Crippen molar-refractivity contribution in [2.75, 3.05) is 0 Å². The van der Waals surface area contributed by atoms with Crippen LogP contribution in [0.1, 0.15) is 17.0 Å². The van der Waals surface area contributed by atoms with Crippen LogP contribution in [0, 0.1) is 0 Å². The number of halogens is 3. The number of carboxylic acids is 1. The third kappa shape index (κ3) is 3.63. The summed E-state index contributed by atoms with van der Waals surface area (Å²) in [5.41, 5.74) is 1.30. The Labute approximate surface area is 131 Å². The molecule has 1 atom stereocenters. The van der Waals surface area contributed by atoms with Gasteiger partial charge in [-0.3, -0.25) is 4.79 Å². The van der Waals surface area contributed by atoms with Gasteiger partial charge in [0.1, 0.15) is 5.15 Å².